The number of amides is 1. The Bertz CT molecular complexity index is 456. The molecule has 72 valence electrons. The Labute approximate surface area is 92.4 Å². The van der Waals surface area contributed by atoms with Gasteiger partial charge in [-0.05, 0) is 40.4 Å². The summed E-state index contributed by atoms with van der Waals surface area (Å²) in [5, 5.41) is 0. The number of halogens is 1. The molecule has 0 bridgehead atoms. The maximum atomic E-state index is 12.1. The van der Waals surface area contributed by atoms with E-state index in [4.69, 9.17) is 1.37 Å². The van der Waals surface area contributed by atoms with Gasteiger partial charge in [0, 0.05) is 12.9 Å². The monoisotopic (exact) mass is 252 g/mol. The summed E-state index contributed by atoms with van der Waals surface area (Å²) >= 11 is 3.42. The molecule has 0 unspecified atom stereocenters. The maximum Gasteiger partial charge on any atom is 0.255 e. The van der Waals surface area contributed by atoms with Gasteiger partial charge < -0.3 is 4.90 Å². The van der Waals surface area contributed by atoms with Crippen LogP contribution in [0.25, 0.3) is 0 Å². The Morgan fingerprint density at radius 1 is 1.57 bits per heavy atom. The lowest BCUT2D eigenvalue weighted by Gasteiger charge is -2.18. The lowest BCUT2D eigenvalue weighted by atomic mass is 10.0. The molecule has 1 aromatic carbocycles. The molecule has 1 spiro atoms. The third-order valence-electron chi connectivity index (χ3n) is 3.21. The van der Waals surface area contributed by atoms with E-state index in [1.807, 2.05) is 18.2 Å². The summed E-state index contributed by atoms with van der Waals surface area (Å²) in [7, 11) is 0.0555. The highest BCUT2D eigenvalue weighted by atomic mass is 79.9. The Balaban J connectivity index is 2.24. The summed E-state index contributed by atoms with van der Waals surface area (Å²) in [5.41, 5.74) is 1.74. The quantitative estimate of drug-likeness (QED) is 0.695. The first-order valence-corrected chi connectivity index (χ1v) is 5.40. The highest BCUT2D eigenvalue weighted by Gasteiger charge is 2.56. The molecule has 1 fully saturated rings. The number of carbonyl (C=O) groups is 1. The van der Waals surface area contributed by atoms with E-state index in [-0.39, 0.29) is 18.5 Å². The van der Waals surface area contributed by atoms with Gasteiger partial charge in [0.2, 0.25) is 0 Å². The molecular weight excluding hydrogens is 242 g/mol. The van der Waals surface area contributed by atoms with Crippen molar-refractivity contribution in [2.75, 3.05) is 7.02 Å². The minimum atomic E-state index is -0.127. The SMILES string of the molecule is [2H]CN1C(=O)c2c(Br)cccc2C12CC2. The van der Waals surface area contributed by atoms with Crippen molar-refractivity contribution in [2.45, 2.75) is 18.4 Å². The number of nitrogens with zero attached hydrogens (tertiary/aromatic N) is 1. The van der Waals surface area contributed by atoms with Crippen molar-refractivity contribution in [3.05, 3.63) is 33.8 Å². The van der Waals surface area contributed by atoms with E-state index in [1.165, 1.54) is 0 Å². The minimum Gasteiger partial charge on any atom is -0.332 e. The van der Waals surface area contributed by atoms with Crippen LogP contribution in [0.15, 0.2) is 22.7 Å². The Morgan fingerprint density at radius 2 is 2.36 bits per heavy atom. The van der Waals surface area contributed by atoms with E-state index < -0.39 is 0 Å². The molecule has 3 rings (SSSR count). The van der Waals surface area contributed by atoms with Crippen LogP contribution in [0.5, 0.6) is 0 Å². The zero-order valence-electron chi connectivity index (χ0n) is 8.59. The lowest BCUT2D eigenvalue weighted by molar-refractivity contribution is 0.0755. The molecular formula is C11H10BrNO. The fourth-order valence-electron chi connectivity index (χ4n) is 2.26. The van der Waals surface area contributed by atoms with E-state index in [0.717, 1.165) is 28.4 Å². The topological polar surface area (TPSA) is 20.3 Å². The molecule has 0 aromatic heterocycles. The van der Waals surface area contributed by atoms with E-state index in [9.17, 15) is 4.79 Å². The van der Waals surface area contributed by atoms with Crippen LogP contribution in [0.4, 0.5) is 0 Å². The fraction of sp³-hybridized carbons (Fsp3) is 0.364. The molecule has 1 amide bonds. The molecule has 14 heavy (non-hydrogen) atoms. The zero-order chi connectivity index (χ0) is 10.6. The van der Waals surface area contributed by atoms with Gasteiger partial charge in [0.25, 0.3) is 5.91 Å². The first-order valence-electron chi connectivity index (χ1n) is 5.31. The second-order valence-electron chi connectivity index (χ2n) is 3.93. The van der Waals surface area contributed by atoms with Gasteiger partial charge in [0.15, 0.2) is 0 Å². The zero-order valence-corrected chi connectivity index (χ0v) is 9.17. The van der Waals surface area contributed by atoms with E-state index >= 15 is 0 Å². The van der Waals surface area contributed by atoms with Gasteiger partial charge in [-0.2, -0.15) is 0 Å². The molecule has 0 atom stereocenters. The average Bonchev–Trinajstić information content (AvgIpc) is 2.94. The van der Waals surface area contributed by atoms with E-state index in [0.29, 0.717) is 0 Å². The number of hydrogen-bond acceptors (Lipinski definition) is 1. The number of fused-ring (bicyclic) bond motifs is 2. The van der Waals surface area contributed by atoms with Gasteiger partial charge in [-0.1, -0.05) is 12.1 Å². The summed E-state index contributed by atoms with van der Waals surface area (Å²) in [6.45, 7) is 0. The molecule has 1 aliphatic carbocycles. The number of carbonyl (C=O) groups excluding carboxylic acids is 1. The van der Waals surface area contributed by atoms with Crippen molar-refractivity contribution >= 4 is 21.8 Å². The van der Waals surface area contributed by atoms with Crippen molar-refractivity contribution in [1.82, 2.24) is 4.90 Å². The number of benzene rings is 1. The summed E-state index contributed by atoms with van der Waals surface area (Å²) in [4.78, 5) is 13.8. The molecule has 2 nitrogen and oxygen atoms in total. The van der Waals surface area contributed by atoms with Gasteiger partial charge in [0.05, 0.1) is 11.1 Å². The van der Waals surface area contributed by atoms with Crippen molar-refractivity contribution in [3.8, 4) is 0 Å². The molecule has 1 saturated carbocycles. The molecule has 1 heterocycles. The molecule has 3 heteroatoms. The second-order valence-corrected chi connectivity index (χ2v) is 4.78. The Hall–Kier alpha value is -0.830. The van der Waals surface area contributed by atoms with Gasteiger partial charge in [0.1, 0.15) is 0 Å². The average molecular weight is 253 g/mol. The lowest BCUT2D eigenvalue weighted by Crippen LogP contribution is -2.28. The smallest absolute Gasteiger partial charge is 0.255 e. The van der Waals surface area contributed by atoms with Crippen LogP contribution in [0.3, 0.4) is 0 Å². The van der Waals surface area contributed by atoms with Gasteiger partial charge in [-0.15, -0.1) is 0 Å². The normalized spacial score (nSPS) is 22.5. The standard InChI is InChI=1S/C11H10BrNO/c1-13-10(14)9-7(11(13)5-6-11)3-2-4-8(9)12/h2-4H,5-6H2,1H3/i1D. The predicted molar refractivity (Wildman–Crippen MR) is 57.1 cm³/mol. The number of hydrogen-bond donors (Lipinski definition) is 0. The van der Waals surface area contributed by atoms with Gasteiger partial charge in [-0.25, -0.2) is 0 Å². The summed E-state index contributed by atoms with van der Waals surface area (Å²) in [6, 6.07) is 5.87. The molecule has 2 aliphatic rings. The van der Waals surface area contributed by atoms with Crippen LogP contribution in [0.1, 0.15) is 30.1 Å². The van der Waals surface area contributed by atoms with Gasteiger partial charge >= 0.3 is 0 Å². The summed E-state index contributed by atoms with van der Waals surface area (Å²) in [6.07, 6.45) is 2.00. The first-order chi connectivity index (χ1) is 7.20. The minimum absolute atomic E-state index is 0.00461. The van der Waals surface area contributed by atoms with Crippen molar-refractivity contribution < 1.29 is 6.17 Å². The van der Waals surface area contributed by atoms with Crippen LogP contribution in [0.2, 0.25) is 0 Å². The van der Waals surface area contributed by atoms with Crippen LogP contribution < -0.4 is 0 Å². The molecule has 1 aromatic rings. The highest BCUT2D eigenvalue weighted by Crippen LogP contribution is 2.56. The summed E-state index contributed by atoms with van der Waals surface area (Å²) in [5.74, 6) is 0.00461. The van der Waals surface area contributed by atoms with E-state index in [1.54, 1.807) is 4.90 Å². The second kappa shape index (κ2) is 2.40. The van der Waals surface area contributed by atoms with Crippen LogP contribution in [0, 0.1) is 0 Å². The van der Waals surface area contributed by atoms with Crippen LogP contribution in [-0.4, -0.2) is 17.8 Å². The van der Waals surface area contributed by atoms with Crippen LogP contribution in [-0.2, 0) is 5.54 Å². The first kappa shape index (κ1) is 7.46. The summed E-state index contributed by atoms with van der Waals surface area (Å²) < 4.78 is 8.32. The van der Waals surface area contributed by atoms with Crippen molar-refractivity contribution in [1.29, 1.82) is 0 Å². The third-order valence-corrected chi connectivity index (χ3v) is 3.88. The Morgan fingerprint density at radius 3 is 3.00 bits per heavy atom. The predicted octanol–water partition coefficient (Wildman–Crippen LogP) is 2.52. The van der Waals surface area contributed by atoms with Crippen LogP contribution >= 0.6 is 15.9 Å². The maximum absolute atomic E-state index is 12.1. The molecule has 0 radical (unpaired) electrons. The van der Waals surface area contributed by atoms with E-state index in [2.05, 4.69) is 15.9 Å². The third kappa shape index (κ3) is 0.793. The Kier molecular flexibility index (Phi) is 1.28. The molecule has 0 N–H and O–H groups in total. The molecule has 1 aliphatic heterocycles. The fourth-order valence-corrected chi connectivity index (χ4v) is 2.80. The van der Waals surface area contributed by atoms with Crippen molar-refractivity contribution in [2.24, 2.45) is 0 Å². The highest BCUT2D eigenvalue weighted by molar-refractivity contribution is 9.10. The number of rotatable bonds is 0. The largest absolute Gasteiger partial charge is 0.332 e. The molecule has 0 saturated heterocycles. The van der Waals surface area contributed by atoms with Gasteiger partial charge in [-0.3, -0.25) is 4.79 Å². The van der Waals surface area contributed by atoms with Crippen molar-refractivity contribution in [3.63, 3.8) is 0 Å².